The number of amides is 1. The van der Waals surface area contributed by atoms with E-state index >= 15 is 0 Å². The maximum atomic E-state index is 11.8. The first-order valence-electron chi connectivity index (χ1n) is 7.89. The van der Waals surface area contributed by atoms with Crippen LogP contribution in [0.15, 0.2) is 30.3 Å². The van der Waals surface area contributed by atoms with Crippen LogP contribution in [-0.4, -0.2) is 37.0 Å². The van der Waals surface area contributed by atoms with Crippen molar-refractivity contribution in [2.75, 3.05) is 26.2 Å². The zero-order valence-corrected chi connectivity index (χ0v) is 12.3. The summed E-state index contributed by atoms with van der Waals surface area (Å²) >= 11 is 0. The van der Waals surface area contributed by atoms with Gasteiger partial charge in [-0.05, 0) is 44.2 Å². The third kappa shape index (κ3) is 5.33. The fraction of sp³-hybridized carbons (Fsp3) is 0.588. The average Bonchev–Trinajstić information content (AvgIpc) is 3.01. The summed E-state index contributed by atoms with van der Waals surface area (Å²) in [4.78, 5) is 13.8. The first-order chi connectivity index (χ1) is 9.86. The number of hydrogen-bond acceptors (Lipinski definition) is 2. The smallest absolute Gasteiger partial charge is 0.223 e. The minimum Gasteiger partial charge on any atom is -0.343 e. The molecule has 110 valence electrons. The van der Waals surface area contributed by atoms with E-state index in [0.29, 0.717) is 12.3 Å². The Kier molecular flexibility index (Phi) is 6.58. The highest BCUT2D eigenvalue weighted by Gasteiger charge is 2.16. The van der Waals surface area contributed by atoms with Crippen molar-refractivity contribution < 1.29 is 4.79 Å². The van der Waals surface area contributed by atoms with E-state index in [1.807, 2.05) is 4.90 Å². The van der Waals surface area contributed by atoms with Crippen LogP contribution in [0.2, 0.25) is 0 Å². The molecule has 0 bridgehead atoms. The van der Waals surface area contributed by atoms with Gasteiger partial charge in [-0.15, -0.1) is 0 Å². The summed E-state index contributed by atoms with van der Waals surface area (Å²) in [7, 11) is 0. The Morgan fingerprint density at radius 1 is 1.05 bits per heavy atom. The highest BCUT2D eigenvalue weighted by Crippen LogP contribution is 2.08. The van der Waals surface area contributed by atoms with Gasteiger partial charge in [-0.1, -0.05) is 30.3 Å². The second-order valence-electron chi connectivity index (χ2n) is 5.53. The lowest BCUT2D eigenvalue weighted by atomic mass is 10.1. The molecule has 1 aromatic carbocycles. The molecule has 2 rings (SSSR count). The standard InChI is InChI=1S/C17H26N2O/c20-17(19-14-6-7-15-19)11-13-18-12-5-4-10-16-8-2-1-3-9-16/h1-3,8-9,18H,4-7,10-15H2. The lowest BCUT2D eigenvalue weighted by molar-refractivity contribution is -0.130. The van der Waals surface area contributed by atoms with Crippen LogP contribution in [0.25, 0.3) is 0 Å². The number of nitrogens with zero attached hydrogens (tertiary/aromatic N) is 1. The molecule has 1 fully saturated rings. The average molecular weight is 274 g/mol. The first kappa shape index (κ1) is 15.0. The van der Waals surface area contributed by atoms with Gasteiger partial charge in [-0.25, -0.2) is 0 Å². The fourth-order valence-electron chi connectivity index (χ4n) is 2.67. The molecule has 1 N–H and O–H groups in total. The van der Waals surface area contributed by atoms with Crippen LogP contribution >= 0.6 is 0 Å². The molecule has 1 aliphatic rings. The van der Waals surface area contributed by atoms with Crippen LogP contribution in [0, 0.1) is 0 Å². The Balaban J connectivity index is 1.44. The van der Waals surface area contributed by atoms with Crippen LogP contribution in [0.5, 0.6) is 0 Å². The van der Waals surface area contributed by atoms with E-state index in [2.05, 4.69) is 35.6 Å². The molecular weight excluding hydrogens is 248 g/mol. The summed E-state index contributed by atoms with van der Waals surface area (Å²) in [6.45, 7) is 3.77. The zero-order chi connectivity index (χ0) is 14.0. The second-order valence-corrected chi connectivity index (χ2v) is 5.53. The van der Waals surface area contributed by atoms with Crippen LogP contribution in [0.1, 0.15) is 37.7 Å². The minimum absolute atomic E-state index is 0.319. The lowest BCUT2D eigenvalue weighted by Gasteiger charge is -2.15. The molecule has 0 aromatic heterocycles. The first-order valence-corrected chi connectivity index (χ1v) is 7.89. The van der Waals surface area contributed by atoms with Crippen molar-refractivity contribution in [1.29, 1.82) is 0 Å². The Bertz CT molecular complexity index is 385. The molecular formula is C17H26N2O. The fourth-order valence-corrected chi connectivity index (χ4v) is 2.67. The highest BCUT2D eigenvalue weighted by atomic mass is 16.2. The molecule has 3 nitrogen and oxygen atoms in total. The van der Waals surface area contributed by atoms with Gasteiger partial charge in [0, 0.05) is 26.1 Å². The summed E-state index contributed by atoms with van der Waals surface area (Å²) in [5.74, 6) is 0.319. The number of unbranched alkanes of at least 4 members (excludes halogenated alkanes) is 1. The Labute approximate surface area is 122 Å². The molecule has 1 aliphatic heterocycles. The molecule has 1 saturated heterocycles. The topological polar surface area (TPSA) is 32.3 Å². The predicted molar refractivity (Wildman–Crippen MR) is 82.7 cm³/mol. The quantitative estimate of drug-likeness (QED) is 0.739. The van der Waals surface area contributed by atoms with Crippen molar-refractivity contribution >= 4 is 5.91 Å². The number of benzene rings is 1. The third-order valence-corrected chi connectivity index (χ3v) is 3.89. The number of carbonyl (C=O) groups excluding carboxylic acids is 1. The third-order valence-electron chi connectivity index (χ3n) is 3.89. The van der Waals surface area contributed by atoms with Crippen molar-refractivity contribution in [3.63, 3.8) is 0 Å². The molecule has 0 unspecified atom stereocenters. The minimum atomic E-state index is 0.319. The molecule has 1 amide bonds. The van der Waals surface area contributed by atoms with E-state index in [0.717, 1.165) is 32.6 Å². The maximum Gasteiger partial charge on any atom is 0.223 e. The monoisotopic (exact) mass is 274 g/mol. The van der Waals surface area contributed by atoms with Crippen molar-refractivity contribution in [3.8, 4) is 0 Å². The van der Waals surface area contributed by atoms with Crippen LogP contribution in [-0.2, 0) is 11.2 Å². The number of aryl methyl sites for hydroxylation is 1. The zero-order valence-electron chi connectivity index (χ0n) is 12.3. The molecule has 1 aromatic rings. The van der Waals surface area contributed by atoms with Gasteiger partial charge in [-0.3, -0.25) is 4.79 Å². The summed E-state index contributed by atoms with van der Waals surface area (Å²) in [6.07, 6.45) is 6.54. The summed E-state index contributed by atoms with van der Waals surface area (Å²) in [5.41, 5.74) is 1.41. The number of nitrogens with one attached hydrogen (secondary N) is 1. The van der Waals surface area contributed by atoms with Gasteiger partial charge in [0.2, 0.25) is 5.91 Å². The Hall–Kier alpha value is -1.35. The van der Waals surface area contributed by atoms with E-state index in [4.69, 9.17) is 0 Å². The van der Waals surface area contributed by atoms with Crippen molar-refractivity contribution in [3.05, 3.63) is 35.9 Å². The van der Waals surface area contributed by atoms with Crippen molar-refractivity contribution in [2.24, 2.45) is 0 Å². The van der Waals surface area contributed by atoms with Gasteiger partial charge >= 0.3 is 0 Å². The molecule has 20 heavy (non-hydrogen) atoms. The number of likely N-dealkylation sites (tertiary alicyclic amines) is 1. The van der Waals surface area contributed by atoms with E-state index in [1.54, 1.807) is 0 Å². The molecule has 0 spiro atoms. The van der Waals surface area contributed by atoms with Crippen LogP contribution in [0.4, 0.5) is 0 Å². The van der Waals surface area contributed by atoms with E-state index < -0.39 is 0 Å². The normalized spacial score (nSPS) is 14.7. The summed E-state index contributed by atoms with van der Waals surface area (Å²) < 4.78 is 0. The molecule has 1 heterocycles. The Morgan fingerprint density at radius 2 is 1.80 bits per heavy atom. The highest BCUT2D eigenvalue weighted by molar-refractivity contribution is 5.76. The van der Waals surface area contributed by atoms with Gasteiger partial charge < -0.3 is 10.2 Å². The van der Waals surface area contributed by atoms with E-state index in [-0.39, 0.29) is 0 Å². The molecule has 0 saturated carbocycles. The van der Waals surface area contributed by atoms with Gasteiger partial charge in [0.25, 0.3) is 0 Å². The largest absolute Gasteiger partial charge is 0.343 e. The second kappa shape index (κ2) is 8.75. The number of rotatable bonds is 8. The summed E-state index contributed by atoms with van der Waals surface area (Å²) in [5, 5.41) is 3.38. The molecule has 0 radical (unpaired) electrons. The van der Waals surface area contributed by atoms with Gasteiger partial charge in [-0.2, -0.15) is 0 Å². The van der Waals surface area contributed by atoms with Crippen molar-refractivity contribution in [1.82, 2.24) is 10.2 Å². The predicted octanol–water partition coefficient (Wildman–Crippen LogP) is 2.61. The van der Waals surface area contributed by atoms with Gasteiger partial charge in [0.15, 0.2) is 0 Å². The van der Waals surface area contributed by atoms with Crippen LogP contribution < -0.4 is 5.32 Å². The van der Waals surface area contributed by atoms with E-state index in [1.165, 1.54) is 31.2 Å². The molecule has 0 aliphatic carbocycles. The Morgan fingerprint density at radius 3 is 2.55 bits per heavy atom. The van der Waals surface area contributed by atoms with Crippen molar-refractivity contribution in [2.45, 2.75) is 38.5 Å². The van der Waals surface area contributed by atoms with Crippen LogP contribution in [0.3, 0.4) is 0 Å². The SMILES string of the molecule is O=C(CCNCCCCc1ccccc1)N1CCCC1. The number of hydrogen-bond donors (Lipinski definition) is 1. The molecule has 0 atom stereocenters. The van der Waals surface area contributed by atoms with Gasteiger partial charge in [0.1, 0.15) is 0 Å². The number of carbonyl (C=O) groups is 1. The molecule has 3 heteroatoms. The van der Waals surface area contributed by atoms with E-state index in [9.17, 15) is 4.79 Å². The lowest BCUT2D eigenvalue weighted by Crippen LogP contribution is -2.30. The summed E-state index contributed by atoms with van der Waals surface area (Å²) in [6, 6.07) is 10.6. The van der Waals surface area contributed by atoms with Gasteiger partial charge in [0.05, 0.1) is 0 Å². The maximum absolute atomic E-state index is 11.8.